The molecule has 0 bridgehead atoms. The largest absolute Gasteiger partial charge is 0.489 e. The third kappa shape index (κ3) is 3.52. The number of rotatable bonds is 6. The SMILES string of the molecule is C=CCOC(=C)/C(C#N)=c1\s/c(=C/c2ccc[nH]2)c(=O)n1CC. The van der Waals surface area contributed by atoms with Gasteiger partial charge in [-0.2, -0.15) is 5.26 Å². The van der Waals surface area contributed by atoms with Crippen LogP contribution in [0.2, 0.25) is 0 Å². The lowest BCUT2D eigenvalue weighted by atomic mass is 10.3. The van der Waals surface area contributed by atoms with Crippen LogP contribution in [0.3, 0.4) is 0 Å². The number of hydrogen-bond acceptors (Lipinski definition) is 4. The molecule has 0 aliphatic rings. The quantitative estimate of drug-likeness (QED) is 0.645. The fourth-order valence-electron chi connectivity index (χ4n) is 2.03. The highest BCUT2D eigenvalue weighted by atomic mass is 32.1. The summed E-state index contributed by atoms with van der Waals surface area (Å²) in [5, 5.41) is 9.45. The molecule has 0 saturated carbocycles. The van der Waals surface area contributed by atoms with Gasteiger partial charge in [0.15, 0.2) is 0 Å². The van der Waals surface area contributed by atoms with Crippen LogP contribution in [0.25, 0.3) is 11.6 Å². The standard InChI is InChI=1S/C17H17N3O2S/c1-4-9-22-12(3)14(11-18)17-20(5-2)16(21)15(23-17)10-13-7-6-8-19-13/h4,6-8,10,19H,1,3,5,9H2,2H3/b15-10+,17-14-. The molecule has 0 fully saturated rings. The first-order valence-corrected chi connectivity index (χ1v) is 7.86. The van der Waals surface area contributed by atoms with Crippen LogP contribution in [-0.4, -0.2) is 16.2 Å². The van der Waals surface area contributed by atoms with Crippen molar-refractivity contribution >= 4 is 23.0 Å². The van der Waals surface area contributed by atoms with Crippen LogP contribution in [0.1, 0.15) is 12.6 Å². The van der Waals surface area contributed by atoms with Crippen molar-refractivity contribution in [3.63, 3.8) is 0 Å². The number of aromatic nitrogens is 2. The van der Waals surface area contributed by atoms with Crippen molar-refractivity contribution in [2.75, 3.05) is 6.61 Å². The molecule has 0 atom stereocenters. The number of hydrogen-bond donors (Lipinski definition) is 1. The van der Waals surface area contributed by atoms with Gasteiger partial charge in [-0.05, 0) is 25.1 Å². The van der Waals surface area contributed by atoms with Crippen LogP contribution < -0.4 is 14.8 Å². The van der Waals surface area contributed by atoms with Crippen LogP contribution in [0, 0.1) is 11.3 Å². The number of nitriles is 1. The molecule has 0 aliphatic carbocycles. The predicted octanol–water partition coefficient (Wildman–Crippen LogP) is 1.48. The Labute approximate surface area is 137 Å². The summed E-state index contributed by atoms with van der Waals surface area (Å²) in [7, 11) is 0. The molecule has 1 N–H and O–H groups in total. The van der Waals surface area contributed by atoms with Gasteiger partial charge < -0.3 is 9.72 Å². The lowest BCUT2D eigenvalue weighted by Gasteiger charge is -2.05. The van der Waals surface area contributed by atoms with Gasteiger partial charge in [0.25, 0.3) is 5.56 Å². The molecule has 0 saturated heterocycles. The number of aromatic amines is 1. The highest BCUT2D eigenvalue weighted by Gasteiger charge is 2.11. The molecule has 2 aromatic heterocycles. The zero-order valence-corrected chi connectivity index (χ0v) is 13.7. The molecule has 0 spiro atoms. The van der Waals surface area contributed by atoms with Gasteiger partial charge in [0.2, 0.25) is 0 Å². The first kappa shape index (κ1) is 16.6. The van der Waals surface area contributed by atoms with Gasteiger partial charge in [-0.3, -0.25) is 9.36 Å². The average Bonchev–Trinajstić information content (AvgIpc) is 3.15. The van der Waals surface area contributed by atoms with Crippen LogP contribution >= 0.6 is 11.3 Å². The molecule has 2 aromatic rings. The van der Waals surface area contributed by atoms with E-state index in [1.165, 1.54) is 11.3 Å². The second-order valence-electron chi connectivity index (χ2n) is 4.60. The third-order valence-corrected chi connectivity index (χ3v) is 4.24. The van der Waals surface area contributed by atoms with Gasteiger partial charge in [0, 0.05) is 18.4 Å². The fraction of sp³-hybridized carbons (Fsp3) is 0.176. The summed E-state index contributed by atoms with van der Waals surface area (Å²) >= 11 is 1.25. The van der Waals surface area contributed by atoms with Crippen molar-refractivity contribution in [3.05, 3.63) is 68.6 Å². The summed E-state index contributed by atoms with van der Waals surface area (Å²) < 4.78 is 8.01. The molecule has 0 radical (unpaired) electrons. The highest BCUT2D eigenvalue weighted by molar-refractivity contribution is 7.07. The molecule has 23 heavy (non-hydrogen) atoms. The summed E-state index contributed by atoms with van der Waals surface area (Å²) in [6.45, 7) is 9.92. The monoisotopic (exact) mass is 327 g/mol. The van der Waals surface area contributed by atoms with Gasteiger partial charge >= 0.3 is 0 Å². The van der Waals surface area contributed by atoms with Crippen LogP contribution in [0.15, 0.2) is 48.1 Å². The number of nitrogens with one attached hydrogen (secondary N) is 1. The van der Waals surface area contributed by atoms with E-state index in [1.54, 1.807) is 22.9 Å². The second-order valence-corrected chi connectivity index (χ2v) is 5.63. The van der Waals surface area contributed by atoms with Crippen molar-refractivity contribution < 1.29 is 4.74 Å². The zero-order chi connectivity index (χ0) is 16.8. The number of nitrogens with zero attached hydrogens (tertiary/aromatic N) is 2. The normalized spacial score (nSPS) is 12.6. The molecule has 0 amide bonds. The first-order valence-electron chi connectivity index (χ1n) is 7.04. The molecule has 2 heterocycles. The first-order chi connectivity index (χ1) is 11.1. The molecule has 118 valence electrons. The second kappa shape index (κ2) is 7.47. The van der Waals surface area contributed by atoms with Crippen LogP contribution in [-0.2, 0) is 11.3 Å². The minimum atomic E-state index is -0.133. The van der Waals surface area contributed by atoms with Crippen molar-refractivity contribution in [1.29, 1.82) is 5.26 Å². The Bertz CT molecular complexity index is 924. The Balaban J connectivity index is 2.69. The van der Waals surface area contributed by atoms with E-state index in [4.69, 9.17) is 4.74 Å². The maximum atomic E-state index is 12.5. The summed E-state index contributed by atoms with van der Waals surface area (Å²) in [6.07, 6.45) is 5.13. The number of H-pyrrole nitrogens is 1. The molecular formula is C17H17N3O2S. The fourth-order valence-corrected chi connectivity index (χ4v) is 3.20. The Hall–Kier alpha value is -2.78. The molecule has 5 nitrogen and oxygen atoms in total. The van der Waals surface area contributed by atoms with Crippen molar-refractivity contribution in [1.82, 2.24) is 9.55 Å². The van der Waals surface area contributed by atoms with E-state index in [0.29, 0.717) is 15.7 Å². The zero-order valence-electron chi connectivity index (χ0n) is 12.8. The summed E-state index contributed by atoms with van der Waals surface area (Å²) in [5.41, 5.74) is 0.965. The molecule has 6 heteroatoms. The Kier molecular flexibility index (Phi) is 5.39. The predicted molar refractivity (Wildman–Crippen MR) is 92.2 cm³/mol. The van der Waals surface area contributed by atoms with E-state index in [9.17, 15) is 10.1 Å². The topological polar surface area (TPSA) is 70.8 Å². The minimum Gasteiger partial charge on any atom is -0.489 e. The maximum Gasteiger partial charge on any atom is 0.269 e. The molecule has 0 unspecified atom stereocenters. The lowest BCUT2D eigenvalue weighted by Crippen LogP contribution is -2.31. The van der Waals surface area contributed by atoms with E-state index in [-0.39, 0.29) is 23.5 Å². The maximum absolute atomic E-state index is 12.5. The highest BCUT2D eigenvalue weighted by Crippen LogP contribution is 2.08. The van der Waals surface area contributed by atoms with Gasteiger partial charge in [0.1, 0.15) is 28.7 Å². The van der Waals surface area contributed by atoms with Crippen molar-refractivity contribution in [2.24, 2.45) is 0 Å². The van der Waals surface area contributed by atoms with E-state index in [1.807, 2.05) is 19.1 Å². The third-order valence-electron chi connectivity index (χ3n) is 3.11. The van der Waals surface area contributed by atoms with E-state index in [0.717, 1.165) is 5.69 Å². The summed E-state index contributed by atoms with van der Waals surface area (Å²) in [4.78, 5) is 15.6. The Morgan fingerprint density at radius 3 is 2.96 bits per heavy atom. The number of thiazole rings is 1. The van der Waals surface area contributed by atoms with Gasteiger partial charge in [-0.15, -0.1) is 11.3 Å². The van der Waals surface area contributed by atoms with E-state index in [2.05, 4.69) is 24.2 Å². The molecular weight excluding hydrogens is 310 g/mol. The average molecular weight is 327 g/mol. The van der Waals surface area contributed by atoms with Crippen LogP contribution in [0.4, 0.5) is 0 Å². The minimum absolute atomic E-state index is 0.133. The Morgan fingerprint density at radius 1 is 1.61 bits per heavy atom. The summed E-state index contributed by atoms with van der Waals surface area (Å²) in [6, 6.07) is 5.82. The van der Waals surface area contributed by atoms with Gasteiger partial charge in [0.05, 0.1) is 4.53 Å². The smallest absolute Gasteiger partial charge is 0.269 e. The van der Waals surface area contributed by atoms with E-state index >= 15 is 0 Å². The Morgan fingerprint density at radius 2 is 2.39 bits per heavy atom. The molecule has 0 aliphatic heterocycles. The summed E-state index contributed by atoms with van der Waals surface area (Å²) in [5.74, 6) is 0.238. The van der Waals surface area contributed by atoms with Crippen LogP contribution in [0.5, 0.6) is 0 Å². The molecule has 2 rings (SSSR count). The van der Waals surface area contributed by atoms with Crippen molar-refractivity contribution in [2.45, 2.75) is 13.5 Å². The lowest BCUT2D eigenvalue weighted by molar-refractivity contribution is 0.267. The molecule has 0 aromatic carbocycles. The van der Waals surface area contributed by atoms with Gasteiger partial charge in [-0.25, -0.2) is 0 Å². The number of ether oxygens (including phenoxy) is 1. The van der Waals surface area contributed by atoms with Gasteiger partial charge in [-0.1, -0.05) is 19.2 Å². The number of allylic oxidation sites excluding steroid dienone is 1. The van der Waals surface area contributed by atoms with Crippen molar-refractivity contribution in [3.8, 4) is 6.07 Å². The van der Waals surface area contributed by atoms with E-state index < -0.39 is 0 Å².